The Morgan fingerprint density at radius 3 is 2.86 bits per heavy atom. The molecule has 2 heterocycles. The molecule has 0 saturated heterocycles. The first-order chi connectivity index (χ1) is 13.5. The van der Waals surface area contributed by atoms with Crippen LogP contribution in [0.25, 0.3) is 11.5 Å². The van der Waals surface area contributed by atoms with Crippen LogP contribution in [0, 0.1) is 0 Å². The van der Waals surface area contributed by atoms with Gasteiger partial charge in [0.2, 0.25) is 5.91 Å². The number of furan rings is 1. The predicted molar refractivity (Wildman–Crippen MR) is 107 cm³/mol. The third-order valence-corrected chi connectivity index (χ3v) is 5.14. The average Bonchev–Trinajstić information content (AvgIpc) is 3.24. The molecule has 1 aromatic carbocycles. The van der Waals surface area contributed by atoms with E-state index in [1.54, 1.807) is 19.1 Å². The maximum absolute atomic E-state index is 12.9. The van der Waals surface area contributed by atoms with Gasteiger partial charge in [-0.15, -0.1) is 0 Å². The summed E-state index contributed by atoms with van der Waals surface area (Å²) in [5.74, 6) is 0.162. The number of nitrogens with zero attached hydrogens (tertiary/aromatic N) is 2. The summed E-state index contributed by atoms with van der Waals surface area (Å²) in [7, 11) is 0. The quantitative estimate of drug-likeness (QED) is 0.726. The smallest absolute Gasteiger partial charge is 0.290 e. The van der Waals surface area contributed by atoms with E-state index in [1.165, 1.54) is 29.9 Å². The van der Waals surface area contributed by atoms with Gasteiger partial charge in [-0.2, -0.15) is 5.10 Å². The summed E-state index contributed by atoms with van der Waals surface area (Å²) in [6, 6.07) is 10.0. The Bertz CT molecular complexity index is 1070. The first kappa shape index (κ1) is 18.0. The molecule has 0 fully saturated rings. The molecule has 4 rings (SSSR count). The Morgan fingerprint density at radius 1 is 1.25 bits per heavy atom. The number of hydrogen-bond donors (Lipinski definition) is 2. The van der Waals surface area contributed by atoms with Crippen LogP contribution in [-0.4, -0.2) is 15.7 Å². The van der Waals surface area contributed by atoms with E-state index in [4.69, 9.17) is 10.2 Å². The fourth-order valence-corrected chi connectivity index (χ4v) is 3.59. The lowest BCUT2D eigenvalue weighted by Gasteiger charge is -2.21. The van der Waals surface area contributed by atoms with Gasteiger partial charge < -0.3 is 15.5 Å². The minimum absolute atomic E-state index is 0.0122. The van der Waals surface area contributed by atoms with Gasteiger partial charge in [0.25, 0.3) is 5.56 Å². The van der Waals surface area contributed by atoms with Crippen molar-refractivity contribution in [1.29, 1.82) is 0 Å². The Balaban J connectivity index is 1.64. The number of fused-ring (bicyclic) bond motifs is 1. The summed E-state index contributed by atoms with van der Waals surface area (Å²) in [5, 5.41) is 7.26. The van der Waals surface area contributed by atoms with E-state index in [-0.39, 0.29) is 11.6 Å². The predicted octanol–water partition coefficient (Wildman–Crippen LogP) is 3.16. The molecule has 7 nitrogen and oxygen atoms in total. The highest BCUT2D eigenvalue weighted by Crippen LogP contribution is 2.28. The molecule has 3 N–H and O–H groups in total. The van der Waals surface area contributed by atoms with Crippen LogP contribution < -0.4 is 16.6 Å². The standard InChI is InChI=1S/C21H22N4O3/c1-13(20(26)23-17-9-4-7-14-6-2-3-8-15(14)17)25-21(27)16(22)12-18(24-25)19-10-5-11-28-19/h4-5,7,9-13H,2-3,6,8,22H2,1H3,(H,23,26). The number of anilines is 2. The number of carbonyl (C=O) groups is 1. The van der Waals surface area contributed by atoms with Crippen LogP contribution in [0.5, 0.6) is 0 Å². The zero-order valence-corrected chi connectivity index (χ0v) is 15.6. The Morgan fingerprint density at radius 2 is 2.07 bits per heavy atom. The van der Waals surface area contributed by atoms with Crippen molar-refractivity contribution in [2.24, 2.45) is 0 Å². The monoisotopic (exact) mass is 378 g/mol. The minimum Gasteiger partial charge on any atom is -0.463 e. The number of benzene rings is 1. The normalized spacial score (nSPS) is 14.3. The van der Waals surface area contributed by atoms with Crippen molar-refractivity contribution in [2.45, 2.75) is 38.6 Å². The summed E-state index contributed by atoms with van der Waals surface area (Å²) < 4.78 is 6.44. The number of carbonyl (C=O) groups excluding carboxylic acids is 1. The van der Waals surface area contributed by atoms with Crippen LogP contribution in [-0.2, 0) is 17.6 Å². The number of nitrogens with one attached hydrogen (secondary N) is 1. The number of nitrogen functional groups attached to an aromatic ring is 1. The average molecular weight is 378 g/mol. The van der Waals surface area contributed by atoms with Crippen molar-refractivity contribution in [2.75, 3.05) is 11.1 Å². The zero-order valence-electron chi connectivity index (χ0n) is 15.6. The lowest BCUT2D eigenvalue weighted by atomic mass is 9.90. The third kappa shape index (κ3) is 3.31. The van der Waals surface area contributed by atoms with Gasteiger partial charge in [-0.1, -0.05) is 12.1 Å². The van der Waals surface area contributed by atoms with E-state index in [0.29, 0.717) is 11.5 Å². The molecule has 0 spiro atoms. The molecular weight excluding hydrogens is 356 g/mol. The Kier molecular flexibility index (Phi) is 4.73. The molecule has 0 bridgehead atoms. The first-order valence-electron chi connectivity index (χ1n) is 9.39. The maximum Gasteiger partial charge on any atom is 0.290 e. The second-order valence-corrected chi connectivity index (χ2v) is 7.03. The molecule has 1 amide bonds. The van der Waals surface area contributed by atoms with E-state index in [2.05, 4.69) is 16.5 Å². The zero-order chi connectivity index (χ0) is 19.7. The van der Waals surface area contributed by atoms with Crippen LogP contribution in [0.4, 0.5) is 11.4 Å². The highest BCUT2D eigenvalue weighted by Gasteiger charge is 2.22. The Labute approximate surface area is 162 Å². The third-order valence-electron chi connectivity index (χ3n) is 5.14. The number of hydrogen-bond acceptors (Lipinski definition) is 5. The maximum atomic E-state index is 12.9. The van der Waals surface area contributed by atoms with Gasteiger partial charge in [0.15, 0.2) is 5.76 Å². The van der Waals surface area contributed by atoms with Crippen molar-refractivity contribution in [1.82, 2.24) is 9.78 Å². The van der Waals surface area contributed by atoms with Gasteiger partial charge in [0.1, 0.15) is 17.4 Å². The molecular formula is C21H22N4O3. The van der Waals surface area contributed by atoms with Gasteiger partial charge in [-0.3, -0.25) is 9.59 Å². The molecule has 2 aromatic heterocycles. The van der Waals surface area contributed by atoms with Crippen molar-refractivity contribution in [3.05, 3.63) is 64.1 Å². The summed E-state index contributed by atoms with van der Waals surface area (Å²) in [6.07, 6.45) is 5.76. The van der Waals surface area contributed by atoms with Crippen LogP contribution in [0.2, 0.25) is 0 Å². The van der Waals surface area contributed by atoms with Crippen LogP contribution in [0.15, 0.2) is 51.9 Å². The molecule has 0 saturated carbocycles. The lowest BCUT2D eigenvalue weighted by molar-refractivity contribution is -0.119. The fourth-order valence-electron chi connectivity index (χ4n) is 3.59. The number of nitrogens with two attached hydrogens (primary N) is 1. The molecule has 3 aromatic rings. The fraction of sp³-hybridized carbons (Fsp3) is 0.286. The second kappa shape index (κ2) is 7.34. The van der Waals surface area contributed by atoms with Gasteiger partial charge in [-0.25, -0.2) is 4.68 Å². The largest absolute Gasteiger partial charge is 0.463 e. The van der Waals surface area contributed by atoms with Crippen LogP contribution >= 0.6 is 0 Å². The molecule has 1 aliphatic rings. The second-order valence-electron chi connectivity index (χ2n) is 7.03. The summed E-state index contributed by atoms with van der Waals surface area (Å²) in [4.78, 5) is 25.4. The molecule has 0 aliphatic heterocycles. The number of aryl methyl sites for hydroxylation is 1. The lowest BCUT2D eigenvalue weighted by Crippen LogP contribution is -2.35. The van der Waals surface area contributed by atoms with Gasteiger partial charge in [0.05, 0.1) is 6.26 Å². The van der Waals surface area contributed by atoms with E-state index in [0.717, 1.165) is 29.6 Å². The molecule has 144 valence electrons. The summed E-state index contributed by atoms with van der Waals surface area (Å²) in [6.45, 7) is 1.63. The molecule has 7 heteroatoms. The summed E-state index contributed by atoms with van der Waals surface area (Å²) >= 11 is 0. The van der Waals surface area contributed by atoms with Crippen LogP contribution in [0.3, 0.4) is 0 Å². The molecule has 28 heavy (non-hydrogen) atoms. The first-order valence-corrected chi connectivity index (χ1v) is 9.39. The number of aromatic nitrogens is 2. The topological polar surface area (TPSA) is 103 Å². The summed E-state index contributed by atoms with van der Waals surface area (Å²) in [5.41, 5.74) is 9.03. The van der Waals surface area contributed by atoms with Crippen molar-refractivity contribution < 1.29 is 9.21 Å². The van der Waals surface area contributed by atoms with Crippen molar-refractivity contribution in [3.8, 4) is 11.5 Å². The molecule has 0 radical (unpaired) electrons. The Hall–Kier alpha value is -3.35. The molecule has 1 unspecified atom stereocenters. The van der Waals surface area contributed by atoms with Gasteiger partial charge in [0, 0.05) is 5.69 Å². The number of rotatable bonds is 4. The van der Waals surface area contributed by atoms with E-state index >= 15 is 0 Å². The van der Waals surface area contributed by atoms with Crippen molar-refractivity contribution in [3.63, 3.8) is 0 Å². The van der Waals surface area contributed by atoms with E-state index in [9.17, 15) is 9.59 Å². The number of amides is 1. The van der Waals surface area contributed by atoms with Gasteiger partial charge >= 0.3 is 0 Å². The van der Waals surface area contributed by atoms with Gasteiger partial charge in [-0.05, 0) is 68.0 Å². The van der Waals surface area contributed by atoms with Crippen LogP contribution in [0.1, 0.15) is 36.9 Å². The minimum atomic E-state index is -0.829. The highest BCUT2D eigenvalue weighted by molar-refractivity contribution is 5.94. The molecule has 1 atom stereocenters. The van der Waals surface area contributed by atoms with E-state index in [1.807, 2.05) is 12.1 Å². The molecule has 1 aliphatic carbocycles. The SMILES string of the molecule is CC(C(=O)Nc1cccc2c1CCCC2)n1nc(-c2ccco2)cc(N)c1=O. The van der Waals surface area contributed by atoms with E-state index < -0.39 is 11.6 Å². The highest BCUT2D eigenvalue weighted by atomic mass is 16.3. The van der Waals surface area contributed by atoms with Crippen molar-refractivity contribution >= 4 is 17.3 Å².